The lowest BCUT2D eigenvalue weighted by Gasteiger charge is -2.19. The van der Waals surface area contributed by atoms with Gasteiger partial charge in [-0.3, -0.25) is 14.4 Å². The molecule has 3 atom stereocenters. The van der Waals surface area contributed by atoms with E-state index in [4.69, 9.17) is 19.3 Å². The van der Waals surface area contributed by atoms with Crippen molar-refractivity contribution in [1.29, 1.82) is 0 Å². The molecule has 140 valence electrons. The summed E-state index contributed by atoms with van der Waals surface area (Å²) in [6.45, 7) is 6.04. The predicted molar refractivity (Wildman–Crippen MR) is 83.8 cm³/mol. The Kier molecular flexibility index (Phi) is 11.0. The number of esters is 3. The zero-order chi connectivity index (χ0) is 18.7. The van der Waals surface area contributed by atoms with Gasteiger partial charge in [-0.2, -0.15) is 0 Å². The number of ether oxygens (including phenoxy) is 3. The first-order valence-corrected chi connectivity index (χ1v) is 7.97. The van der Waals surface area contributed by atoms with Crippen LogP contribution in [-0.2, 0) is 28.6 Å². The van der Waals surface area contributed by atoms with Crippen molar-refractivity contribution in [1.82, 2.24) is 0 Å². The summed E-state index contributed by atoms with van der Waals surface area (Å²) in [6.07, 6.45) is -2.89. The van der Waals surface area contributed by atoms with Crippen molar-refractivity contribution in [3.8, 4) is 0 Å². The molecule has 0 saturated heterocycles. The molecule has 0 spiro atoms. The van der Waals surface area contributed by atoms with Crippen LogP contribution in [0.15, 0.2) is 0 Å². The number of hydrogen-bond donors (Lipinski definition) is 2. The number of carbonyl (C=O) groups is 3. The van der Waals surface area contributed by atoms with Gasteiger partial charge >= 0.3 is 17.9 Å². The lowest BCUT2D eigenvalue weighted by molar-refractivity contribution is -0.168. The fourth-order valence-electron chi connectivity index (χ4n) is 1.66. The maximum absolute atomic E-state index is 11.6. The molecule has 0 aromatic carbocycles. The second-order valence-electron chi connectivity index (χ2n) is 6.18. The highest BCUT2D eigenvalue weighted by atomic mass is 16.6. The molecule has 0 aliphatic carbocycles. The van der Waals surface area contributed by atoms with E-state index in [2.05, 4.69) is 0 Å². The third-order valence-corrected chi connectivity index (χ3v) is 2.66. The normalized spacial score (nSPS) is 14.6. The lowest BCUT2D eigenvalue weighted by Crippen LogP contribution is -2.32. The number of aliphatic hydroxyl groups excluding tert-OH is 2. The van der Waals surface area contributed by atoms with E-state index in [1.807, 2.05) is 13.8 Å². The SMILES string of the molecule is CC(C)CC(=O)OCC(COC(=O)C[C@@H](C)O)OC(=O)C[C@@H](C)O. The first-order valence-electron chi connectivity index (χ1n) is 7.97. The van der Waals surface area contributed by atoms with Gasteiger partial charge in [0.2, 0.25) is 0 Å². The van der Waals surface area contributed by atoms with Crippen LogP contribution in [0.5, 0.6) is 0 Å². The molecule has 0 saturated carbocycles. The van der Waals surface area contributed by atoms with Crippen molar-refractivity contribution in [2.45, 2.75) is 65.3 Å². The Hall–Kier alpha value is -1.67. The zero-order valence-corrected chi connectivity index (χ0v) is 14.7. The van der Waals surface area contributed by atoms with Gasteiger partial charge in [0.25, 0.3) is 0 Å². The molecule has 2 N–H and O–H groups in total. The average molecular weight is 348 g/mol. The Bertz CT molecular complexity index is 377. The Morgan fingerprint density at radius 1 is 0.750 bits per heavy atom. The number of rotatable bonds is 11. The maximum atomic E-state index is 11.6. The standard InChI is InChI=1S/C16H28O8/c1-10(2)5-14(19)22-8-13(24-16(21)7-12(4)18)9-23-15(20)6-11(3)17/h10-13,17-18H,5-9H2,1-4H3/t11-,12-,13?/m1/s1. The highest BCUT2D eigenvalue weighted by Crippen LogP contribution is 2.06. The van der Waals surface area contributed by atoms with Crippen molar-refractivity contribution in [3.63, 3.8) is 0 Å². The van der Waals surface area contributed by atoms with E-state index < -0.39 is 36.2 Å². The number of hydrogen-bond acceptors (Lipinski definition) is 8. The van der Waals surface area contributed by atoms with Gasteiger partial charge in [0, 0.05) is 6.42 Å². The molecule has 0 aliphatic heterocycles. The monoisotopic (exact) mass is 348 g/mol. The first-order chi connectivity index (χ1) is 11.1. The van der Waals surface area contributed by atoms with Crippen LogP contribution in [0.25, 0.3) is 0 Å². The van der Waals surface area contributed by atoms with Crippen LogP contribution in [0.2, 0.25) is 0 Å². The van der Waals surface area contributed by atoms with Gasteiger partial charge in [-0.25, -0.2) is 0 Å². The molecular weight excluding hydrogens is 320 g/mol. The number of aliphatic hydroxyl groups is 2. The zero-order valence-electron chi connectivity index (χ0n) is 14.7. The molecule has 0 amide bonds. The van der Waals surface area contributed by atoms with Crippen LogP contribution in [0, 0.1) is 5.92 Å². The largest absolute Gasteiger partial charge is 0.462 e. The molecule has 1 unspecified atom stereocenters. The van der Waals surface area contributed by atoms with Crippen LogP contribution in [0.4, 0.5) is 0 Å². The molecule has 0 radical (unpaired) electrons. The summed E-state index contributed by atoms with van der Waals surface area (Å²) >= 11 is 0. The average Bonchev–Trinajstić information content (AvgIpc) is 2.39. The molecule has 0 bridgehead atoms. The summed E-state index contributed by atoms with van der Waals surface area (Å²) in [5, 5.41) is 18.3. The van der Waals surface area contributed by atoms with Gasteiger partial charge < -0.3 is 24.4 Å². The Morgan fingerprint density at radius 2 is 1.17 bits per heavy atom. The lowest BCUT2D eigenvalue weighted by atomic mass is 10.1. The number of carbonyl (C=O) groups excluding carboxylic acids is 3. The van der Waals surface area contributed by atoms with E-state index in [0.29, 0.717) is 0 Å². The third kappa shape index (κ3) is 12.8. The minimum atomic E-state index is -0.967. The highest BCUT2D eigenvalue weighted by Gasteiger charge is 2.21. The summed E-state index contributed by atoms with van der Waals surface area (Å²) in [5.74, 6) is -1.67. The summed E-state index contributed by atoms with van der Waals surface area (Å²) in [4.78, 5) is 34.6. The van der Waals surface area contributed by atoms with E-state index >= 15 is 0 Å². The summed E-state index contributed by atoms with van der Waals surface area (Å²) in [7, 11) is 0. The van der Waals surface area contributed by atoms with Gasteiger partial charge in [0.1, 0.15) is 13.2 Å². The molecule has 0 aliphatic rings. The Labute approximate surface area is 142 Å². The molecule has 0 heterocycles. The third-order valence-electron chi connectivity index (χ3n) is 2.66. The minimum Gasteiger partial charge on any atom is -0.462 e. The van der Waals surface area contributed by atoms with Crippen LogP contribution in [0.3, 0.4) is 0 Å². The second-order valence-corrected chi connectivity index (χ2v) is 6.18. The Morgan fingerprint density at radius 3 is 1.58 bits per heavy atom. The molecule has 8 heteroatoms. The molecule has 0 fully saturated rings. The van der Waals surface area contributed by atoms with Crippen LogP contribution < -0.4 is 0 Å². The van der Waals surface area contributed by atoms with Crippen molar-refractivity contribution >= 4 is 17.9 Å². The van der Waals surface area contributed by atoms with Crippen molar-refractivity contribution < 1.29 is 38.8 Å². The van der Waals surface area contributed by atoms with Crippen molar-refractivity contribution in [2.24, 2.45) is 5.92 Å². The van der Waals surface area contributed by atoms with Gasteiger partial charge in [-0.05, 0) is 19.8 Å². The van der Waals surface area contributed by atoms with E-state index in [1.165, 1.54) is 13.8 Å². The molecular formula is C16H28O8. The summed E-state index contributed by atoms with van der Waals surface area (Å²) < 4.78 is 15.0. The molecule has 24 heavy (non-hydrogen) atoms. The van der Waals surface area contributed by atoms with Crippen LogP contribution >= 0.6 is 0 Å². The van der Waals surface area contributed by atoms with Crippen LogP contribution in [-0.4, -0.2) is 59.6 Å². The predicted octanol–water partition coefficient (Wildman–Crippen LogP) is 0.573. The fourth-order valence-corrected chi connectivity index (χ4v) is 1.66. The quantitative estimate of drug-likeness (QED) is 0.411. The van der Waals surface area contributed by atoms with E-state index in [-0.39, 0.29) is 38.4 Å². The van der Waals surface area contributed by atoms with Gasteiger partial charge in [-0.1, -0.05) is 13.8 Å². The Balaban J connectivity index is 4.50. The topological polar surface area (TPSA) is 119 Å². The van der Waals surface area contributed by atoms with E-state index in [9.17, 15) is 19.5 Å². The van der Waals surface area contributed by atoms with E-state index in [1.54, 1.807) is 0 Å². The second kappa shape index (κ2) is 11.8. The van der Waals surface area contributed by atoms with Gasteiger partial charge in [-0.15, -0.1) is 0 Å². The van der Waals surface area contributed by atoms with Gasteiger partial charge in [0.15, 0.2) is 6.10 Å². The molecule has 0 rings (SSSR count). The van der Waals surface area contributed by atoms with Crippen LogP contribution in [0.1, 0.15) is 47.0 Å². The summed E-state index contributed by atoms with van der Waals surface area (Å²) in [6, 6.07) is 0. The smallest absolute Gasteiger partial charge is 0.308 e. The fraction of sp³-hybridized carbons (Fsp3) is 0.812. The van der Waals surface area contributed by atoms with Gasteiger partial charge in [0.05, 0.1) is 25.0 Å². The minimum absolute atomic E-state index is 0.123. The maximum Gasteiger partial charge on any atom is 0.308 e. The molecule has 0 aromatic heterocycles. The first kappa shape index (κ1) is 22.3. The summed E-state index contributed by atoms with van der Waals surface area (Å²) in [5.41, 5.74) is 0. The van der Waals surface area contributed by atoms with E-state index in [0.717, 1.165) is 0 Å². The highest BCUT2D eigenvalue weighted by molar-refractivity contribution is 5.71. The molecule has 8 nitrogen and oxygen atoms in total. The van der Waals surface area contributed by atoms with Crippen molar-refractivity contribution in [3.05, 3.63) is 0 Å². The van der Waals surface area contributed by atoms with Crippen molar-refractivity contribution in [2.75, 3.05) is 13.2 Å². The molecule has 0 aromatic rings.